The van der Waals surface area contributed by atoms with Crippen LogP contribution in [0.15, 0.2) is 48.5 Å². The lowest BCUT2D eigenvalue weighted by molar-refractivity contribution is 0.0597. The predicted molar refractivity (Wildman–Crippen MR) is 86.2 cm³/mol. The van der Waals surface area contributed by atoms with E-state index in [2.05, 4.69) is 4.74 Å². The van der Waals surface area contributed by atoms with E-state index in [0.29, 0.717) is 22.1 Å². The molecule has 2 rings (SSSR count). The topological polar surface area (TPSA) is 65.0 Å². The Morgan fingerprint density at radius 3 is 1.96 bits per heavy atom. The number of rotatable bonds is 7. The second kappa shape index (κ2) is 8.41. The van der Waals surface area contributed by atoms with Crippen LogP contribution >= 0.6 is 11.6 Å². The molecule has 0 amide bonds. The molecule has 0 aliphatic rings. The maximum Gasteiger partial charge on any atom is 0.337 e. The first-order valence-corrected chi connectivity index (χ1v) is 7.34. The molecule has 0 spiro atoms. The summed E-state index contributed by atoms with van der Waals surface area (Å²) in [5.41, 5.74) is 0.437. The fourth-order valence-electron chi connectivity index (χ4n) is 1.77. The first-order chi connectivity index (χ1) is 11.1. The van der Waals surface area contributed by atoms with E-state index in [1.807, 2.05) is 0 Å². The van der Waals surface area contributed by atoms with Crippen molar-refractivity contribution in [3.63, 3.8) is 0 Å². The highest BCUT2D eigenvalue weighted by Gasteiger charge is 2.08. The summed E-state index contributed by atoms with van der Waals surface area (Å²) in [4.78, 5) is 11.3. The summed E-state index contributed by atoms with van der Waals surface area (Å²) in [6.45, 7) is 0.174. The number of benzene rings is 2. The van der Waals surface area contributed by atoms with Crippen molar-refractivity contribution in [1.82, 2.24) is 0 Å². The monoisotopic (exact) mass is 336 g/mol. The fraction of sp³-hybridized carbons (Fsp3) is 0.235. The first-order valence-electron chi connectivity index (χ1n) is 6.96. The molecule has 0 radical (unpaired) electrons. The minimum atomic E-state index is -0.786. The fourth-order valence-corrected chi connectivity index (χ4v) is 1.89. The lowest BCUT2D eigenvalue weighted by Crippen LogP contribution is -2.25. The minimum Gasteiger partial charge on any atom is -0.491 e. The highest BCUT2D eigenvalue weighted by molar-refractivity contribution is 6.30. The van der Waals surface area contributed by atoms with Crippen molar-refractivity contribution in [1.29, 1.82) is 0 Å². The Balaban J connectivity index is 1.76. The quantitative estimate of drug-likeness (QED) is 0.787. The SMILES string of the molecule is COC(=O)c1ccc(OCC(O)COc2ccc(Cl)cc2)cc1. The van der Waals surface area contributed by atoms with Crippen LogP contribution in [0.2, 0.25) is 5.02 Å². The van der Waals surface area contributed by atoms with Crippen LogP contribution in [0.5, 0.6) is 11.5 Å². The molecular formula is C17H17ClO5. The van der Waals surface area contributed by atoms with Crippen LogP contribution < -0.4 is 9.47 Å². The molecule has 6 heteroatoms. The Kier molecular flexibility index (Phi) is 6.26. The normalized spacial score (nSPS) is 11.6. The number of hydrogen-bond donors (Lipinski definition) is 1. The van der Waals surface area contributed by atoms with Crippen LogP contribution in [0.4, 0.5) is 0 Å². The molecular weight excluding hydrogens is 320 g/mol. The zero-order valence-electron chi connectivity index (χ0n) is 12.6. The van der Waals surface area contributed by atoms with E-state index in [1.165, 1.54) is 7.11 Å². The molecule has 0 bridgehead atoms. The van der Waals surface area contributed by atoms with E-state index in [-0.39, 0.29) is 13.2 Å². The van der Waals surface area contributed by atoms with Gasteiger partial charge in [0.05, 0.1) is 12.7 Å². The number of carbonyl (C=O) groups excluding carboxylic acids is 1. The number of ether oxygens (including phenoxy) is 3. The Hall–Kier alpha value is -2.24. The molecule has 2 aromatic carbocycles. The minimum absolute atomic E-state index is 0.0746. The molecule has 0 heterocycles. The Bertz CT molecular complexity index is 624. The molecule has 0 aliphatic heterocycles. The van der Waals surface area contributed by atoms with E-state index < -0.39 is 12.1 Å². The predicted octanol–water partition coefficient (Wildman–Crippen LogP) is 2.95. The van der Waals surface area contributed by atoms with Gasteiger partial charge in [0.2, 0.25) is 0 Å². The standard InChI is InChI=1S/C17H17ClO5/c1-21-17(20)12-2-6-15(7-3-12)22-10-14(19)11-23-16-8-4-13(18)5-9-16/h2-9,14,19H,10-11H2,1H3. The number of halogens is 1. The molecule has 5 nitrogen and oxygen atoms in total. The number of hydrogen-bond acceptors (Lipinski definition) is 5. The van der Waals surface area contributed by atoms with Gasteiger partial charge in [-0.3, -0.25) is 0 Å². The Morgan fingerprint density at radius 2 is 1.48 bits per heavy atom. The summed E-state index contributed by atoms with van der Waals surface area (Å²) in [7, 11) is 1.32. The smallest absolute Gasteiger partial charge is 0.337 e. The molecule has 0 saturated carbocycles. The molecule has 0 aromatic heterocycles. The zero-order chi connectivity index (χ0) is 16.7. The average molecular weight is 337 g/mol. The number of methoxy groups -OCH3 is 1. The van der Waals surface area contributed by atoms with Crippen LogP contribution in [0, 0.1) is 0 Å². The Labute approximate surface area is 139 Å². The van der Waals surface area contributed by atoms with Crippen molar-refractivity contribution in [2.45, 2.75) is 6.10 Å². The van der Waals surface area contributed by atoms with E-state index in [9.17, 15) is 9.90 Å². The van der Waals surface area contributed by atoms with Gasteiger partial charge >= 0.3 is 5.97 Å². The first kappa shape index (κ1) is 17.1. The van der Waals surface area contributed by atoms with Crippen molar-refractivity contribution in [2.24, 2.45) is 0 Å². The van der Waals surface area contributed by atoms with E-state index in [4.69, 9.17) is 21.1 Å². The van der Waals surface area contributed by atoms with Gasteiger partial charge in [0, 0.05) is 5.02 Å². The van der Waals surface area contributed by atoms with Crippen LogP contribution in [0.1, 0.15) is 10.4 Å². The van der Waals surface area contributed by atoms with Crippen molar-refractivity contribution >= 4 is 17.6 Å². The van der Waals surface area contributed by atoms with Gasteiger partial charge in [-0.2, -0.15) is 0 Å². The molecule has 1 N–H and O–H groups in total. The number of aliphatic hydroxyl groups is 1. The number of esters is 1. The Morgan fingerprint density at radius 1 is 1.00 bits per heavy atom. The summed E-state index contributed by atoms with van der Waals surface area (Å²) >= 11 is 5.78. The maximum atomic E-state index is 11.3. The molecule has 0 fully saturated rings. The molecule has 1 atom stereocenters. The highest BCUT2D eigenvalue weighted by atomic mass is 35.5. The van der Waals surface area contributed by atoms with Gasteiger partial charge in [-0.1, -0.05) is 11.6 Å². The maximum absolute atomic E-state index is 11.3. The van der Waals surface area contributed by atoms with E-state index >= 15 is 0 Å². The number of carbonyl (C=O) groups is 1. The van der Waals surface area contributed by atoms with Crippen LogP contribution in [0.25, 0.3) is 0 Å². The zero-order valence-corrected chi connectivity index (χ0v) is 13.3. The molecule has 0 saturated heterocycles. The molecule has 1 unspecified atom stereocenters. The third-order valence-electron chi connectivity index (χ3n) is 2.97. The lowest BCUT2D eigenvalue weighted by Gasteiger charge is -2.13. The average Bonchev–Trinajstić information content (AvgIpc) is 2.59. The second-order valence-electron chi connectivity index (χ2n) is 4.75. The van der Waals surface area contributed by atoms with Gasteiger partial charge in [-0.15, -0.1) is 0 Å². The van der Waals surface area contributed by atoms with Crippen LogP contribution in [-0.2, 0) is 4.74 Å². The van der Waals surface area contributed by atoms with Crippen molar-refractivity contribution in [3.05, 3.63) is 59.1 Å². The molecule has 23 heavy (non-hydrogen) atoms. The van der Waals surface area contributed by atoms with E-state index in [1.54, 1.807) is 48.5 Å². The van der Waals surface area contributed by atoms with Gasteiger partial charge in [0.15, 0.2) is 0 Å². The lowest BCUT2D eigenvalue weighted by atomic mass is 10.2. The van der Waals surface area contributed by atoms with E-state index in [0.717, 1.165) is 0 Å². The van der Waals surface area contributed by atoms with Crippen LogP contribution in [-0.4, -0.2) is 37.5 Å². The van der Waals surface area contributed by atoms with Gasteiger partial charge in [-0.25, -0.2) is 4.79 Å². The van der Waals surface area contributed by atoms with Crippen molar-refractivity contribution in [2.75, 3.05) is 20.3 Å². The highest BCUT2D eigenvalue weighted by Crippen LogP contribution is 2.16. The third kappa shape index (κ3) is 5.47. The summed E-state index contributed by atoms with van der Waals surface area (Å²) in [6, 6.07) is 13.3. The van der Waals surface area contributed by atoms with Crippen molar-refractivity contribution < 1.29 is 24.1 Å². The van der Waals surface area contributed by atoms with Crippen molar-refractivity contribution in [3.8, 4) is 11.5 Å². The molecule has 0 aliphatic carbocycles. The third-order valence-corrected chi connectivity index (χ3v) is 3.23. The van der Waals surface area contributed by atoms with Crippen LogP contribution in [0.3, 0.4) is 0 Å². The molecule has 2 aromatic rings. The largest absolute Gasteiger partial charge is 0.491 e. The second-order valence-corrected chi connectivity index (χ2v) is 5.18. The summed E-state index contributed by atoms with van der Waals surface area (Å²) < 4.78 is 15.5. The molecule has 122 valence electrons. The van der Waals surface area contributed by atoms with Gasteiger partial charge in [-0.05, 0) is 48.5 Å². The number of aliphatic hydroxyl groups excluding tert-OH is 1. The van der Waals surface area contributed by atoms with Gasteiger partial charge < -0.3 is 19.3 Å². The summed E-state index contributed by atoms with van der Waals surface area (Å²) in [5, 5.41) is 10.5. The van der Waals surface area contributed by atoms with Gasteiger partial charge in [0.25, 0.3) is 0 Å². The van der Waals surface area contributed by atoms with Gasteiger partial charge in [0.1, 0.15) is 30.8 Å². The summed E-state index contributed by atoms with van der Waals surface area (Å²) in [6.07, 6.45) is -0.786. The summed E-state index contributed by atoms with van der Waals surface area (Å²) in [5.74, 6) is 0.757.